The number of carbonyl (C=O) groups excluding carboxylic acids is 1. The Balaban J connectivity index is 1.36. The van der Waals surface area contributed by atoms with Gasteiger partial charge < -0.3 is 25.5 Å². The molecule has 6 rings (SSSR count). The van der Waals surface area contributed by atoms with Crippen molar-refractivity contribution in [1.82, 2.24) is 4.98 Å². The Labute approximate surface area is 260 Å². The molecule has 1 aliphatic carbocycles. The Hall–Kier alpha value is -3.78. The molecule has 3 fully saturated rings. The fraction of sp³-hybridized carbons (Fsp3) is 0.484. The standard InChI is InChI=1S/C31H37F3N6O4S/c1-35-25-5-2-20-18-23(26(32)28(27(20)37-25)40-14-10-31(33,34)11-15-40)36-29(42)22-4-3-21(38-45(43,44)17-16-41)19-24(22)39-12-8-30(6-7-30)9-13-39/h2-5,18-19,38,41H,6-17H2,1H3,(H,35,37)(H,36,42). The van der Waals surface area contributed by atoms with Gasteiger partial charge in [-0.3, -0.25) is 9.52 Å². The number of sulfonamides is 1. The molecule has 4 N–H and O–H groups in total. The molecule has 14 heteroatoms. The maximum Gasteiger partial charge on any atom is 0.257 e. The number of benzene rings is 2. The fourth-order valence-corrected chi connectivity index (χ4v) is 7.12. The van der Waals surface area contributed by atoms with Crippen LogP contribution in [0, 0.1) is 11.2 Å². The van der Waals surface area contributed by atoms with Gasteiger partial charge in [-0.15, -0.1) is 0 Å². The number of halogens is 3. The van der Waals surface area contributed by atoms with Gasteiger partial charge in [-0.25, -0.2) is 26.6 Å². The lowest BCUT2D eigenvalue weighted by Gasteiger charge is -2.35. The van der Waals surface area contributed by atoms with Crippen LogP contribution in [0.1, 0.15) is 48.9 Å². The van der Waals surface area contributed by atoms with E-state index in [1.54, 1.807) is 30.1 Å². The molecule has 242 valence electrons. The summed E-state index contributed by atoms with van der Waals surface area (Å²) in [5, 5.41) is 15.3. The molecule has 3 aromatic rings. The summed E-state index contributed by atoms with van der Waals surface area (Å²) in [6, 6.07) is 9.46. The second-order valence-electron chi connectivity index (χ2n) is 12.3. The van der Waals surface area contributed by atoms with Gasteiger partial charge in [0.1, 0.15) is 11.5 Å². The highest BCUT2D eigenvalue weighted by Gasteiger charge is 2.44. The molecule has 45 heavy (non-hydrogen) atoms. The number of fused-ring (bicyclic) bond motifs is 1. The normalized spacial score (nSPS) is 19.0. The van der Waals surface area contributed by atoms with Crippen molar-refractivity contribution in [3.8, 4) is 0 Å². The van der Waals surface area contributed by atoms with Gasteiger partial charge >= 0.3 is 0 Å². The summed E-state index contributed by atoms with van der Waals surface area (Å²) in [5.41, 5.74) is 1.56. The summed E-state index contributed by atoms with van der Waals surface area (Å²) in [5.74, 6) is -4.20. The van der Waals surface area contributed by atoms with Gasteiger partial charge in [0, 0.05) is 51.5 Å². The van der Waals surface area contributed by atoms with E-state index in [1.165, 1.54) is 31.0 Å². The van der Waals surface area contributed by atoms with Gasteiger partial charge in [-0.05, 0) is 67.5 Å². The van der Waals surface area contributed by atoms with Gasteiger partial charge in [-0.1, -0.05) is 0 Å². The van der Waals surface area contributed by atoms with Crippen molar-refractivity contribution < 1.29 is 31.5 Å². The largest absolute Gasteiger partial charge is 0.395 e. The number of piperidine rings is 2. The van der Waals surface area contributed by atoms with E-state index in [-0.39, 0.29) is 35.7 Å². The number of pyridine rings is 1. The first-order valence-electron chi connectivity index (χ1n) is 15.2. The molecule has 10 nitrogen and oxygen atoms in total. The van der Waals surface area contributed by atoms with Gasteiger partial charge in [0.15, 0.2) is 5.82 Å². The van der Waals surface area contributed by atoms with Crippen molar-refractivity contribution >= 4 is 55.4 Å². The average molecular weight is 647 g/mol. The second-order valence-corrected chi connectivity index (χ2v) is 14.1. The molecule has 0 unspecified atom stereocenters. The smallest absolute Gasteiger partial charge is 0.257 e. The van der Waals surface area contributed by atoms with Crippen molar-refractivity contribution in [1.29, 1.82) is 0 Å². The number of carbonyl (C=O) groups is 1. The number of aliphatic hydroxyl groups is 1. The van der Waals surface area contributed by atoms with Gasteiger partial charge in [-0.2, -0.15) is 0 Å². The molecule has 1 aromatic heterocycles. The Morgan fingerprint density at radius 3 is 2.31 bits per heavy atom. The summed E-state index contributed by atoms with van der Waals surface area (Å²) in [6.07, 6.45) is 3.41. The van der Waals surface area contributed by atoms with Gasteiger partial charge in [0.25, 0.3) is 11.8 Å². The highest BCUT2D eigenvalue weighted by molar-refractivity contribution is 7.92. The zero-order valence-electron chi connectivity index (χ0n) is 25.0. The van der Waals surface area contributed by atoms with E-state index in [2.05, 4.69) is 20.3 Å². The number of amides is 1. The van der Waals surface area contributed by atoms with E-state index < -0.39 is 52.9 Å². The van der Waals surface area contributed by atoms with Crippen LogP contribution < -0.4 is 25.2 Å². The molecule has 3 aliphatic rings. The number of alkyl halides is 2. The highest BCUT2D eigenvalue weighted by Crippen LogP contribution is 2.54. The maximum atomic E-state index is 16.3. The molecule has 2 aliphatic heterocycles. The van der Waals surface area contributed by atoms with E-state index in [4.69, 9.17) is 5.11 Å². The number of aliphatic hydroxyl groups excluding tert-OH is 1. The van der Waals surface area contributed by atoms with Crippen molar-refractivity contribution in [2.45, 2.75) is 44.4 Å². The number of anilines is 5. The van der Waals surface area contributed by atoms with Crippen molar-refractivity contribution in [3.05, 3.63) is 47.8 Å². The summed E-state index contributed by atoms with van der Waals surface area (Å²) < 4.78 is 71.5. The minimum atomic E-state index is -3.81. The molecule has 0 atom stereocenters. The fourth-order valence-electron chi connectivity index (χ4n) is 6.29. The molecular weight excluding hydrogens is 609 g/mol. The van der Waals surface area contributed by atoms with Crippen molar-refractivity contribution in [2.24, 2.45) is 5.41 Å². The Kier molecular flexibility index (Phi) is 8.23. The molecular formula is C31H37F3N6O4S. The van der Waals surface area contributed by atoms with Crippen LogP contribution in [0.5, 0.6) is 0 Å². The Bertz CT molecular complexity index is 1710. The molecule has 0 bridgehead atoms. The van der Waals surface area contributed by atoms with E-state index in [9.17, 15) is 22.0 Å². The molecule has 2 aromatic carbocycles. The summed E-state index contributed by atoms with van der Waals surface area (Å²) in [6.45, 7) is 0.676. The second kappa shape index (κ2) is 11.9. The first-order chi connectivity index (χ1) is 21.4. The lowest BCUT2D eigenvalue weighted by atomic mass is 9.93. The number of hydrogen-bond donors (Lipinski definition) is 4. The number of rotatable bonds is 9. The quantitative estimate of drug-likeness (QED) is 0.256. The first kappa shape index (κ1) is 31.2. The topological polar surface area (TPSA) is 127 Å². The zero-order valence-corrected chi connectivity index (χ0v) is 25.8. The first-order valence-corrected chi connectivity index (χ1v) is 16.8. The summed E-state index contributed by atoms with van der Waals surface area (Å²) in [7, 11) is -2.13. The van der Waals surface area contributed by atoms with Crippen LogP contribution in [-0.4, -0.2) is 75.9 Å². The van der Waals surface area contributed by atoms with E-state index in [0.29, 0.717) is 40.9 Å². The molecule has 1 amide bonds. The highest BCUT2D eigenvalue weighted by atomic mass is 32.2. The Morgan fingerprint density at radius 2 is 1.67 bits per heavy atom. The third-order valence-electron chi connectivity index (χ3n) is 9.21. The predicted octanol–water partition coefficient (Wildman–Crippen LogP) is 5.02. The van der Waals surface area contributed by atoms with E-state index in [0.717, 1.165) is 12.8 Å². The van der Waals surface area contributed by atoms with Gasteiger partial charge in [0.2, 0.25) is 10.0 Å². The number of aromatic nitrogens is 1. The summed E-state index contributed by atoms with van der Waals surface area (Å²) in [4.78, 5) is 22.0. The number of nitrogens with one attached hydrogen (secondary N) is 3. The van der Waals surface area contributed by atoms with Crippen LogP contribution in [0.3, 0.4) is 0 Å². The van der Waals surface area contributed by atoms with Crippen molar-refractivity contribution in [3.63, 3.8) is 0 Å². The van der Waals surface area contributed by atoms with Crippen molar-refractivity contribution in [2.75, 3.05) is 70.7 Å². The van der Waals surface area contributed by atoms with Crippen LogP contribution in [0.15, 0.2) is 36.4 Å². The third-order valence-corrected chi connectivity index (χ3v) is 10.5. The molecule has 1 saturated carbocycles. The number of hydrogen-bond acceptors (Lipinski definition) is 8. The maximum absolute atomic E-state index is 16.3. The summed E-state index contributed by atoms with van der Waals surface area (Å²) >= 11 is 0. The average Bonchev–Trinajstić information content (AvgIpc) is 3.76. The third kappa shape index (κ3) is 6.62. The van der Waals surface area contributed by atoms with Crippen LogP contribution in [-0.2, 0) is 10.0 Å². The molecule has 0 radical (unpaired) electrons. The monoisotopic (exact) mass is 646 g/mol. The predicted molar refractivity (Wildman–Crippen MR) is 170 cm³/mol. The van der Waals surface area contributed by atoms with E-state index in [1.807, 2.05) is 4.90 Å². The Morgan fingerprint density at radius 1 is 0.978 bits per heavy atom. The van der Waals surface area contributed by atoms with Crippen LogP contribution in [0.25, 0.3) is 10.9 Å². The minimum Gasteiger partial charge on any atom is -0.395 e. The minimum absolute atomic E-state index is 0.0509. The molecule has 2 saturated heterocycles. The molecule has 1 spiro atoms. The van der Waals surface area contributed by atoms with Crippen LogP contribution >= 0.6 is 0 Å². The SMILES string of the molecule is CNc1ccc2cc(NC(=O)c3ccc(NS(=O)(=O)CCO)cc3N3CCC4(CC3)CC4)c(F)c(N3CCC(F)(F)CC3)c2n1. The van der Waals surface area contributed by atoms with E-state index >= 15 is 4.39 Å². The zero-order chi connectivity index (χ0) is 32.0. The number of nitrogens with zero attached hydrogens (tertiary/aromatic N) is 3. The van der Waals surface area contributed by atoms with Crippen LogP contribution in [0.2, 0.25) is 0 Å². The molecule has 3 heterocycles. The lowest BCUT2D eigenvalue weighted by molar-refractivity contribution is -0.0221. The van der Waals surface area contributed by atoms with Crippen LogP contribution in [0.4, 0.5) is 41.7 Å². The van der Waals surface area contributed by atoms with Gasteiger partial charge in [0.05, 0.1) is 40.5 Å². The lowest BCUT2D eigenvalue weighted by Crippen LogP contribution is -2.40.